The van der Waals surface area contributed by atoms with Gasteiger partial charge in [0.05, 0.1) is 7.11 Å². The lowest BCUT2D eigenvalue weighted by Gasteiger charge is -2.03. The molecule has 1 heterocycles. The van der Waals surface area contributed by atoms with Gasteiger partial charge in [0.2, 0.25) is 0 Å². The van der Waals surface area contributed by atoms with Crippen molar-refractivity contribution in [3.8, 4) is 0 Å². The number of ether oxygens (including phenoxy) is 1. The van der Waals surface area contributed by atoms with Crippen molar-refractivity contribution in [2.45, 2.75) is 5.37 Å². The predicted molar refractivity (Wildman–Crippen MR) is 40.7 cm³/mol. The van der Waals surface area contributed by atoms with Crippen LogP contribution in [0.1, 0.15) is 0 Å². The molecule has 0 aromatic rings. The second-order valence-corrected chi connectivity index (χ2v) is 2.88. The zero-order valence-corrected chi connectivity index (χ0v) is 6.68. The van der Waals surface area contributed by atoms with Gasteiger partial charge in [-0.3, -0.25) is 0 Å². The third-order valence-electron chi connectivity index (χ3n) is 1.16. The molecule has 4 nitrogen and oxygen atoms in total. The minimum absolute atomic E-state index is 0.342. The highest BCUT2D eigenvalue weighted by atomic mass is 32.2. The molecule has 0 aromatic heterocycles. The van der Waals surface area contributed by atoms with E-state index < -0.39 is 5.97 Å². The van der Waals surface area contributed by atoms with Crippen molar-refractivity contribution in [2.24, 2.45) is 0 Å². The van der Waals surface area contributed by atoms with E-state index in [0.717, 1.165) is 6.29 Å². The Morgan fingerprint density at radius 2 is 2.64 bits per heavy atom. The summed E-state index contributed by atoms with van der Waals surface area (Å²) in [4.78, 5) is 21.0. The fourth-order valence-corrected chi connectivity index (χ4v) is 1.35. The van der Waals surface area contributed by atoms with Crippen molar-refractivity contribution in [1.29, 1.82) is 0 Å². The van der Waals surface area contributed by atoms with Gasteiger partial charge in [0.15, 0.2) is 6.29 Å². The molecule has 0 saturated carbocycles. The summed E-state index contributed by atoms with van der Waals surface area (Å²) in [7, 11) is 1.30. The Bertz CT molecular complexity index is 214. The predicted octanol–water partition coefficient (Wildman–Crippen LogP) is -0.138. The molecule has 1 rings (SSSR count). The molecule has 0 spiro atoms. The Kier molecular flexibility index (Phi) is 2.53. The van der Waals surface area contributed by atoms with Gasteiger partial charge in [-0.05, 0) is 0 Å². The molecule has 0 radical (unpaired) electrons. The maximum Gasteiger partial charge on any atom is 0.354 e. The van der Waals surface area contributed by atoms with Crippen molar-refractivity contribution < 1.29 is 14.3 Å². The zero-order chi connectivity index (χ0) is 8.27. The lowest BCUT2D eigenvalue weighted by atomic mass is 10.5. The second kappa shape index (κ2) is 3.43. The van der Waals surface area contributed by atoms with E-state index in [9.17, 15) is 9.59 Å². The molecule has 0 aliphatic carbocycles. The molecule has 0 amide bonds. The van der Waals surface area contributed by atoms with Crippen LogP contribution in [0.25, 0.3) is 0 Å². The van der Waals surface area contributed by atoms with Gasteiger partial charge in [0, 0.05) is 5.41 Å². The van der Waals surface area contributed by atoms with Crippen LogP contribution in [0.15, 0.2) is 11.1 Å². The first-order chi connectivity index (χ1) is 5.27. The van der Waals surface area contributed by atoms with Crippen LogP contribution in [-0.4, -0.2) is 24.7 Å². The highest BCUT2D eigenvalue weighted by Gasteiger charge is 2.20. The summed E-state index contributed by atoms with van der Waals surface area (Å²) >= 11 is 1.25. The van der Waals surface area contributed by atoms with Crippen molar-refractivity contribution in [2.75, 3.05) is 7.11 Å². The first-order valence-electron chi connectivity index (χ1n) is 2.93. The first-order valence-corrected chi connectivity index (χ1v) is 3.88. The standard InChI is InChI=1S/C6H7NO3S/c1-10-6(9)4-3-11-5(2-8)7-4/h2-3,5,7H,1H3. The van der Waals surface area contributed by atoms with Crippen LogP contribution >= 0.6 is 11.8 Å². The Morgan fingerprint density at radius 1 is 1.91 bits per heavy atom. The number of thioether (sulfide) groups is 1. The normalized spacial score (nSPS) is 21.9. The summed E-state index contributed by atoms with van der Waals surface area (Å²) in [6.45, 7) is 0. The maximum absolute atomic E-state index is 10.8. The highest BCUT2D eigenvalue weighted by Crippen LogP contribution is 2.19. The van der Waals surface area contributed by atoms with Gasteiger partial charge in [0.25, 0.3) is 0 Å². The minimum Gasteiger partial charge on any atom is -0.464 e. The Balaban J connectivity index is 2.52. The summed E-state index contributed by atoms with van der Waals surface area (Å²) in [6.07, 6.45) is 0.733. The molecule has 0 saturated heterocycles. The van der Waals surface area contributed by atoms with Crippen molar-refractivity contribution in [3.63, 3.8) is 0 Å². The van der Waals surface area contributed by atoms with E-state index in [4.69, 9.17) is 0 Å². The molecule has 0 fully saturated rings. The van der Waals surface area contributed by atoms with Crippen molar-refractivity contribution in [3.05, 3.63) is 11.1 Å². The van der Waals surface area contributed by atoms with E-state index in [2.05, 4.69) is 10.1 Å². The molecule has 0 aromatic carbocycles. The van der Waals surface area contributed by atoms with Crippen LogP contribution in [0.4, 0.5) is 0 Å². The molecule has 1 aliphatic rings. The number of esters is 1. The summed E-state index contributed by atoms with van der Waals surface area (Å²) < 4.78 is 4.43. The number of carbonyl (C=O) groups is 2. The molecule has 1 unspecified atom stereocenters. The monoisotopic (exact) mass is 173 g/mol. The quantitative estimate of drug-likeness (QED) is 0.465. The molecule has 11 heavy (non-hydrogen) atoms. The lowest BCUT2D eigenvalue weighted by molar-refractivity contribution is -0.136. The van der Waals surface area contributed by atoms with Crippen LogP contribution in [-0.2, 0) is 14.3 Å². The minimum atomic E-state index is -0.443. The van der Waals surface area contributed by atoms with E-state index in [1.807, 2.05) is 0 Å². The number of hydrogen-bond acceptors (Lipinski definition) is 5. The molecule has 5 heteroatoms. The molecular formula is C6H7NO3S. The van der Waals surface area contributed by atoms with E-state index in [-0.39, 0.29) is 5.37 Å². The summed E-state index contributed by atoms with van der Waals surface area (Å²) in [6, 6.07) is 0. The molecular weight excluding hydrogens is 166 g/mol. The fraction of sp³-hybridized carbons (Fsp3) is 0.333. The van der Waals surface area contributed by atoms with Crippen LogP contribution in [0.2, 0.25) is 0 Å². The summed E-state index contributed by atoms with van der Waals surface area (Å²) in [5, 5.41) is 3.90. The topological polar surface area (TPSA) is 55.4 Å². The molecule has 1 aliphatic heterocycles. The van der Waals surface area contributed by atoms with Gasteiger partial charge in [-0.15, -0.1) is 0 Å². The Hall–Kier alpha value is -0.970. The van der Waals surface area contributed by atoms with Gasteiger partial charge in [-0.2, -0.15) is 0 Å². The summed E-state index contributed by atoms with van der Waals surface area (Å²) in [5.74, 6) is -0.443. The van der Waals surface area contributed by atoms with Crippen LogP contribution in [0.5, 0.6) is 0 Å². The number of aldehydes is 1. The average Bonchev–Trinajstić information content (AvgIpc) is 2.50. The van der Waals surface area contributed by atoms with Crippen molar-refractivity contribution >= 4 is 24.0 Å². The van der Waals surface area contributed by atoms with Gasteiger partial charge in [-0.1, -0.05) is 11.8 Å². The molecule has 60 valence electrons. The second-order valence-electron chi connectivity index (χ2n) is 1.86. The zero-order valence-electron chi connectivity index (χ0n) is 5.87. The Morgan fingerprint density at radius 3 is 3.09 bits per heavy atom. The summed E-state index contributed by atoms with van der Waals surface area (Å²) in [5.41, 5.74) is 0.342. The van der Waals surface area contributed by atoms with Gasteiger partial charge < -0.3 is 14.8 Å². The fourth-order valence-electron chi connectivity index (χ4n) is 0.646. The lowest BCUT2D eigenvalue weighted by Crippen LogP contribution is -2.25. The first kappa shape index (κ1) is 8.13. The van der Waals surface area contributed by atoms with E-state index in [0.29, 0.717) is 5.70 Å². The molecule has 1 atom stereocenters. The average molecular weight is 173 g/mol. The number of nitrogens with one attached hydrogen (secondary N) is 1. The van der Waals surface area contributed by atoms with Gasteiger partial charge in [-0.25, -0.2) is 4.79 Å². The largest absolute Gasteiger partial charge is 0.464 e. The number of hydrogen-bond donors (Lipinski definition) is 1. The highest BCUT2D eigenvalue weighted by molar-refractivity contribution is 8.03. The van der Waals surface area contributed by atoms with Crippen LogP contribution in [0, 0.1) is 0 Å². The third-order valence-corrected chi connectivity index (χ3v) is 2.05. The number of methoxy groups -OCH3 is 1. The van der Waals surface area contributed by atoms with E-state index >= 15 is 0 Å². The van der Waals surface area contributed by atoms with Gasteiger partial charge >= 0.3 is 5.97 Å². The number of carbonyl (C=O) groups excluding carboxylic acids is 2. The van der Waals surface area contributed by atoms with Gasteiger partial charge in [0.1, 0.15) is 11.1 Å². The van der Waals surface area contributed by atoms with E-state index in [1.165, 1.54) is 18.9 Å². The van der Waals surface area contributed by atoms with Crippen LogP contribution in [0.3, 0.4) is 0 Å². The number of rotatable bonds is 2. The van der Waals surface area contributed by atoms with Crippen LogP contribution < -0.4 is 5.32 Å². The van der Waals surface area contributed by atoms with E-state index in [1.54, 1.807) is 5.41 Å². The third kappa shape index (κ3) is 1.74. The van der Waals surface area contributed by atoms with Crippen molar-refractivity contribution in [1.82, 2.24) is 5.32 Å². The Labute approximate surface area is 68.0 Å². The SMILES string of the molecule is COC(=O)C1=CSC(C=O)N1. The molecule has 0 bridgehead atoms. The smallest absolute Gasteiger partial charge is 0.354 e. The maximum atomic E-state index is 10.8. The molecule has 1 N–H and O–H groups in total.